The lowest BCUT2D eigenvalue weighted by Gasteiger charge is -2.13. The van der Waals surface area contributed by atoms with Crippen LogP contribution in [-0.4, -0.2) is 36.8 Å². The lowest BCUT2D eigenvalue weighted by molar-refractivity contribution is 0.520. The Morgan fingerprint density at radius 3 is 2.57 bits per heavy atom. The van der Waals surface area contributed by atoms with Gasteiger partial charge in [0.15, 0.2) is 5.16 Å². The highest BCUT2D eigenvalue weighted by atomic mass is 32.2. The smallest absolute Gasteiger partial charge is 0.242 e. The van der Waals surface area contributed by atoms with Crippen LogP contribution in [0.15, 0.2) is 45.4 Å². The number of nitrogen functional groups attached to an aromatic ring is 1. The molecule has 0 amide bonds. The molecule has 0 aliphatic carbocycles. The van der Waals surface area contributed by atoms with Crippen LogP contribution in [0.1, 0.15) is 5.69 Å². The molecule has 0 radical (unpaired) electrons. The quantitative estimate of drug-likeness (QED) is 0.681. The number of nitrogens with two attached hydrogens (primary N) is 1. The molecule has 1 aromatic carbocycles. The topological polar surface area (TPSA) is 89.2 Å². The number of aryl methyl sites for hydroxylation is 1. The number of aromatic nitrogens is 2. The Morgan fingerprint density at radius 2 is 1.95 bits per heavy atom. The molecule has 6 nitrogen and oxygen atoms in total. The largest absolute Gasteiger partial charge is 0.398 e. The van der Waals surface area contributed by atoms with Crippen LogP contribution in [0.3, 0.4) is 0 Å². The van der Waals surface area contributed by atoms with E-state index in [2.05, 4.69) is 9.97 Å². The molecule has 0 bridgehead atoms. The van der Waals surface area contributed by atoms with Gasteiger partial charge in [-0.2, -0.15) is 0 Å². The molecular weight excluding hydrogens is 308 g/mol. The Morgan fingerprint density at radius 1 is 1.24 bits per heavy atom. The number of anilines is 1. The van der Waals surface area contributed by atoms with Crippen molar-refractivity contribution < 1.29 is 8.42 Å². The minimum absolute atomic E-state index is 0.192. The van der Waals surface area contributed by atoms with Crippen molar-refractivity contribution in [2.45, 2.75) is 21.9 Å². The number of benzene rings is 1. The van der Waals surface area contributed by atoms with E-state index in [1.54, 1.807) is 24.4 Å². The number of hydrogen-bond donors (Lipinski definition) is 1. The zero-order valence-corrected chi connectivity index (χ0v) is 13.6. The first-order chi connectivity index (χ1) is 9.80. The van der Waals surface area contributed by atoms with Crippen molar-refractivity contribution in [3.8, 4) is 0 Å². The summed E-state index contributed by atoms with van der Waals surface area (Å²) >= 11 is 1.24. The van der Waals surface area contributed by atoms with Gasteiger partial charge >= 0.3 is 0 Å². The third kappa shape index (κ3) is 3.52. The van der Waals surface area contributed by atoms with Crippen LogP contribution in [-0.2, 0) is 10.0 Å². The normalized spacial score (nSPS) is 11.8. The first-order valence-electron chi connectivity index (χ1n) is 6.10. The van der Waals surface area contributed by atoms with E-state index in [-0.39, 0.29) is 4.90 Å². The van der Waals surface area contributed by atoms with Crippen LogP contribution in [0.2, 0.25) is 0 Å². The molecule has 8 heteroatoms. The molecule has 0 saturated carbocycles. The van der Waals surface area contributed by atoms with Crippen molar-refractivity contribution >= 4 is 27.5 Å². The van der Waals surface area contributed by atoms with E-state index in [9.17, 15) is 8.42 Å². The Kier molecular flexibility index (Phi) is 4.50. The second-order valence-corrected chi connectivity index (χ2v) is 7.73. The van der Waals surface area contributed by atoms with Gasteiger partial charge in [0.2, 0.25) is 10.0 Å². The van der Waals surface area contributed by atoms with E-state index in [0.717, 1.165) is 10.00 Å². The fourth-order valence-electron chi connectivity index (χ4n) is 1.55. The zero-order valence-electron chi connectivity index (χ0n) is 11.9. The average Bonchev–Trinajstić information content (AvgIpc) is 2.41. The van der Waals surface area contributed by atoms with Crippen LogP contribution in [0.5, 0.6) is 0 Å². The summed E-state index contributed by atoms with van der Waals surface area (Å²) in [6.07, 6.45) is 1.65. The van der Waals surface area contributed by atoms with Crippen molar-refractivity contribution in [2.24, 2.45) is 0 Å². The lowest BCUT2D eigenvalue weighted by atomic mass is 10.3. The van der Waals surface area contributed by atoms with Crippen molar-refractivity contribution in [1.29, 1.82) is 0 Å². The summed E-state index contributed by atoms with van der Waals surface area (Å²) in [5.74, 6) is 0. The van der Waals surface area contributed by atoms with E-state index in [0.29, 0.717) is 15.7 Å². The molecule has 1 heterocycles. The molecule has 0 spiro atoms. The molecule has 0 fully saturated rings. The number of rotatable bonds is 4. The second kappa shape index (κ2) is 6.00. The Labute approximate surface area is 128 Å². The molecule has 2 aromatic rings. The van der Waals surface area contributed by atoms with Gasteiger partial charge in [-0.25, -0.2) is 22.7 Å². The Bertz CT molecular complexity index is 761. The zero-order chi connectivity index (χ0) is 15.6. The van der Waals surface area contributed by atoms with Crippen LogP contribution in [0, 0.1) is 6.92 Å². The van der Waals surface area contributed by atoms with Crippen LogP contribution < -0.4 is 5.73 Å². The first-order valence-corrected chi connectivity index (χ1v) is 8.36. The monoisotopic (exact) mass is 324 g/mol. The summed E-state index contributed by atoms with van der Waals surface area (Å²) in [5.41, 5.74) is 7.23. The number of hydrogen-bond acceptors (Lipinski definition) is 6. The second-order valence-electron chi connectivity index (χ2n) is 4.57. The van der Waals surface area contributed by atoms with Crippen molar-refractivity contribution in [1.82, 2.24) is 14.3 Å². The summed E-state index contributed by atoms with van der Waals surface area (Å²) in [5, 5.41) is 0.529. The Hall–Kier alpha value is -1.64. The average molecular weight is 324 g/mol. The summed E-state index contributed by atoms with van der Waals surface area (Å²) in [6.45, 7) is 1.86. The molecule has 2 rings (SSSR count). The summed E-state index contributed by atoms with van der Waals surface area (Å²) in [7, 11) is -0.516. The highest BCUT2D eigenvalue weighted by molar-refractivity contribution is 7.99. The highest BCUT2D eigenvalue weighted by Gasteiger charge is 2.18. The van der Waals surface area contributed by atoms with Gasteiger partial charge in [-0.05, 0) is 43.0 Å². The van der Waals surface area contributed by atoms with Gasteiger partial charge in [-0.3, -0.25) is 0 Å². The predicted octanol–water partition coefficient (Wildman–Crippen LogP) is 1.77. The lowest BCUT2D eigenvalue weighted by Crippen LogP contribution is -2.22. The highest BCUT2D eigenvalue weighted by Crippen LogP contribution is 2.32. The van der Waals surface area contributed by atoms with Crippen LogP contribution in [0.25, 0.3) is 0 Å². The molecule has 2 N–H and O–H groups in total. The molecular formula is C13H16N4O2S2. The standard InChI is InChI=1S/C13H16N4O2S2/c1-9-6-7-15-13(16-9)20-12-8-10(4-5-11(12)14)21(18,19)17(2)3/h4-8H,14H2,1-3H3. The third-order valence-corrected chi connectivity index (χ3v) is 5.50. The Balaban J connectivity index is 2.41. The van der Waals surface area contributed by atoms with Gasteiger partial charge in [0.1, 0.15) is 0 Å². The van der Waals surface area contributed by atoms with Gasteiger partial charge in [-0.15, -0.1) is 0 Å². The van der Waals surface area contributed by atoms with Gasteiger partial charge in [0.25, 0.3) is 0 Å². The van der Waals surface area contributed by atoms with Gasteiger partial charge < -0.3 is 5.73 Å². The van der Waals surface area contributed by atoms with E-state index in [4.69, 9.17) is 5.73 Å². The fraction of sp³-hybridized carbons (Fsp3) is 0.231. The van der Waals surface area contributed by atoms with E-state index < -0.39 is 10.0 Å². The molecule has 0 atom stereocenters. The maximum absolute atomic E-state index is 12.1. The molecule has 0 aliphatic rings. The van der Waals surface area contributed by atoms with Crippen LogP contribution >= 0.6 is 11.8 Å². The van der Waals surface area contributed by atoms with Gasteiger partial charge in [0, 0.05) is 36.6 Å². The molecule has 0 saturated heterocycles. The summed E-state index contributed by atoms with van der Waals surface area (Å²) in [6, 6.07) is 6.40. The molecule has 0 aliphatic heterocycles. The molecule has 0 unspecified atom stereocenters. The maximum atomic E-state index is 12.1. The fourth-order valence-corrected chi connectivity index (χ4v) is 3.42. The number of nitrogens with zero attached hydrogens (tertiary/aromatic N) is 3. The van der Waals surface area contributed by atoms with Gasteiger partial charge in [-0.1, -0.05) is 0 Å². The third-order valence-electron chi connectivity index (χ3n) is 2.74. The van der Waals surface area contributed by atoms with Crippen molar-refractivity contribution in [3.05, 3.63) is 36.2 Å². The predicted molar refractivity (Wildman–Crippen MR) is 82.6 cm³/mol. The number of sulfonamides is 1. The van der Waals surface area contributed by atoms with Crippen molar-refractivity contribution in [3.63, 3.8) is 0 Å². The van der Waals surface area contributed by atoms with Crippen molar-refractivity contribution in [2.75, 3.05) is 19.8 Å². The molecule has 21 heavy (non-hydrogen) atoms. The van der Waals surface area contributed by atoms with E-state index >= 15 is 0 Å². The minimum Gasteiger partial charge on any atom is -0.398 e. The minimum atomic E-state index is -3.49. The SMILES string of the molecule is Cc1ccnc(Sc2cc(S(=O)(=O)N(C)C)ccc2N)n1. The molecule has 112 valence electrons. The van der Waals surface area contributed by atoms with E-state index in [1.165, 1.54) is 31.9 Å². The summed E-state index contributed by atoms with van der Waals surface area (Å²) in [4.78, 5) is 9.22. The summed E-state index contributed by atoms with van der Waals surface area (Å²) < 4.78 is 25.5. The first kappa shape index (κ1) is 15.7. The maximum Gasteiger partial charge on any atom is 0.242 e. The molecule has 1 aromatic heterocycles. The van der Waals surface area contributed by atoms with E-state index in [1.807, 2.05) is 6.92 Å². The van der Waals surface area contributed by atoms with Gasteiger partial charge in [0.05, 0.1) is 4.90 Å². The van der Waals surface area contributed by atoms with Crippen LogP contribution in [0.4, 0.5) is 5.69 Å².